The van der Waals surface area contributed by atoms with E-state index in [0.29, 0.717) is 19.4 Å². The molecule has 1 aromatic heterocycles. The number of ether oxygens (including phenoxy) is 2. The normalized spacial score (nSPS) is 34.9. The summed E-state index contributed by atoms with van der Waals surface area (Å²) in [5, 5.41) is 0. The molecule has 0 aromatic carbocycles. The van der Waals surface area contributed by atoms with E-state index in [-0.39, 0.29) is 5.82 Å². The summed E-state index contributed by atoms with van der Waals surface area (Å²) in [5.74, 6) is 0.0929. The predicted molar refractivity (Wildman–Crippen MR) is 82.1 cm³/mol. The average molecular weight is 361 g/mol. The third-order valence-electron chi connectivity index (χ3n) is 4.49. The summed E-state index contributed by atoms with van der Waals surface area (Å²) in [6, 6.07) is 1.47. The maximum absolute atomic E-state index is 12.1. The van der Waals surface area contributed by atoms with Crippen molar-refractivity contribution in [3.05, 3.63) is 22.7 Å². The summed E-state index contributed by atoms with van der Waals surface area (Å²) in [6.45, 7) is 2.26. The maximum Gasteiger partial charge on any atom is 0.472 e. The van der Waals surface area contributed by atoms with E-state index in [2.05, 4.69) is 9.51 Å². The highest BCUT2D eigenvalue weighted by Gasteiger charge is 2.60. The van der Waals surface area contributed by atoms with Gasteiger partial charge in [-0.05, 0) is 12.5 Å². The van der Waals surface area contributed by atoms with Gasteiger partial charge in [0, 0.05) is 19.7 Å². The molecule has 2 bridgehead atoms. The summed E-state index contributed by atoms with van der Waals surface area (Å²) in [6.07, 6.45) is -0.0279. The Morgan fingerprint density at radius 3 is 3.00 bits per heavy atom. The van der Waals surface area contributed by atoms with Crippen molar-refractivity contribution in [1.82, 2.24) is 9.55 Å². The molecule has 24 heavy (non-hydrogen) atoms. The van der Waals surface area contributed by atoms with Crippen molar-refractivity contribution in [2.75, 3.05) is 19.5 Å². The molecule has 3 N–H and O–H groups in total. The molecule has 2 saturated heterocycles. The van der Waals surface area contributed by atoms with E-state index in [4.69, 9.17) is 19.7 Å². The lowest BCUT2D eigenvalue weighted by atomic mass is 9.87. The van der Waals surface area contributed by atoms with Gasteiger partial charge >= 0.3 is 13.5 Å². The van der Waals surface area contributed by atoms with Gasteiger partial charge < -0.3 is 20.1 Å². The van der Waals surface area contributed by atoms with Crippen LogP contribution >= 0.6 is 7.82 Å². The number of fused-ring (bicyclic) bond motifs is 2. The Morgan fingerprint density at radius 2 is 2.38 bits per heavy atom. The van der Waals surface area contributed by atoms with Gasteiger partial charge in [-0.15, -0.1) is 0 Å². The average Bonchev–Trinajstić information content (AvgIpc) is 2.70. The summed E-state index contributed by atoms with van der Waals surface area (Å²) in [4.78, 5) is 25.5. The summed E-state index contributed by atoms with van der Waals surface area (Å²) >= 11 is 0. The van der Waals surface area contributed by atoms with E-state index in [1.54, 1.807) is 0 Å². The van der Waals surface area contributed by atoms with Gasteiger partial charge in [-0.1, -0.05) is 6.92 Å². The second kappa shape index (κ2) is 6.21. The van der Waals surface area contributed by atoms with Gasteiger partial charge in [-0.2, -0.15) is 4.98 Å². The van der Waals surface area contributed by atoms with E-state index >= 15 is 0 Å². The van der Waals surface area contributed by atoms with Gasteiger partial charge in [0.05, 0.1) is 6.61 Å². The number of anilines is 1. The van der Waals surface area contributed by atoms with Crippen LogP contribution in [-0.4, -0.2) is 46.0 Å². The second-order valence-corrected chi connectivity index (χ2v) is 7.24. The van der Waals surface area contributed by atoms with E-state index in [9.17, 15) is 14.3 Å². The fourth-order valence-corrected chi connectivity index (χ4v) is 3.89. The first-order valence-corrected chi connectivity index (χ1v) is 9.02. The quantitative estimate of drug-likeness (QED) is 0.715. The predicted octanol–water partition coefficient (Wildman–Crippen LogP) is 0.424. The molecule has 0 amide bonds. The van der Waals surface area contributed by atoms with Gasteiger partial charge in [0.25, 0.3) is 0 Å². The Bertz CT molecular complexity index is 726. The van der Waals surface area contributed by atoms with Crippen molar-refractivity contribution in [3.63, 3.8) is 0 Å². The van der Waals surface area contributed by atoms with E-state index in [0.717, 1.165) is 7.11 Å². The highest BCUT2D eigenvalue weighted by atomic mass is 31.2. The summed E-state index contributed by atoms with van der Waals surface area (Å²) < 4.78 is 34.7. The Labute approximate surface area is 138 Å². The number of hydrogen-bond acceptors (Lipinski definition) is 8. The zero-order chi connectivity index (χ0) is 17.5. The molecule has 2 fully saturated rings. The molecule has 2 aliphatic heterocycles. The Balaban J connectivity index is 1.99. The minimum atomic E-state index is -4.25. The van der Waals surface area contributed by atoms with Crippen molar-refractivity contribution in [2.24, 2.45) is 0 Å². The van der Waals surface area contributed by atoms with Crippen molar-refractivity contribution in [2.45, 2.75) is 43.8 Å². The molecule has 3 rings (SSSR count). The van der Waals surface area contributed by atoms with Crippen LogP contribution in [0.25, 0.3) is 0 Å². The molecule has 0 aliphatic carbocycles. The van der Waals surface area contributed by atoms with Crippen molar-refractivity contribution >= 4 is 13.6 Å². The second-order valence-electron chi connectivity index (χ2n) is 5.73. The minimum Gasteiger partial charge on any atom is -0.383 e. The number of nitrogens with two attached hydrogens (primary N) is 1. The molecule has 1 aromatic rings. The lowest BCUT2D eigenvalue weighted by Gasteiger charge is -2.37. The van der Waals surface area contributed by atoms with E-state index in [1.807, 2.05) is 6.92 Å². The standard InChI is InChI=1S/C13H20N3O7P/c1-3-13-5-7-21-9(10(13)23-24(18,19)20-2)11(22-13)16-6-4-8(14)15-12(16)17/h4,6,9-11H,3,5,7H2,1-2H3,(H,18,19)(H2,14,15,17)/t9-,10+,11-,13+/m0/s1. The molecule has 11 heteroatoms. The van der Waals surface area contributed by atoms with Crippen molar-refractivity contribution in [3.8, 4) is 0 Å². The highest BCUT2D eigenvalue weighted by Crippen LogP contribution is 2.54. The molecule has 134 valence electrons. The van der Waals surface area contributed by atoms with Crippen LogP contribution in [0, 0.1) is 0 Å². The molecular weight excluding hydrogens is 341 g/mol. The summed E-state index contributed by atoms with van der Waals surface area (Å²) in [5.41, 5.74) is 4.05. The maximum atomic E-state index is 12.1. The lowest BCUT2D eigenvalue weighted by molar-refractivity contribution is -0.120. The topological polar surface area (TPSA) is 135 Å². The van der Waals surface area contributed by atoms with Crippen LogP contribution in [-0.2, 0) is 23.1 Å². The monoisotopic (exact) mass is 361 g/mol. The van der Waals surface area contributed by atoms with Crippen LogP contribution < -0.4 is 11.4 Å². The smallest absolute Gasteiger partial charge is 0.383 e. The van der Waals surface area contributed by atoms with Crippen LogP contribution in [0.1, 0.15) is 26.0 Å². The highest BCUT2D eigenvalue weighted by molar-refractivity contribution is 7.47. The number of nitrogens with zero attached hydrogens (tertiary/aromatic N) is 2. The van der Waals surface area contributed by atoms with Crippen molar-refractivity contribution in [1.29, 1.82) is 0 Å². The number of nitrogen functional groups attached to an aromatic ring is 1. The van der Waals surface area contributed by atoms with Gasteiger partial charge in [0.15, 0.2) is 6.23 Å². The molecule has 3 heterocycles. The van der Waals surface area contributed by atoms with Gasteiger partial charge in [-0.25, -0.2) is 9.36 Å². The fourth-order valence-electron chi connectivity index (χ4n) is 3.20. The van der Waals surface area contributed by atoms with Crippen molar-refractivity contribution < 1.29 is 28.0 Å². The Hall–Kier alpha value is -1.29. The van der Waals surface area contributed by atoms with E-state index in [1.165, 1.54) is 16.8 Å². The number of phosphoric acid groups is 1. The first-order valence-electron chi connectivity index (χ1n) is 7.53. The third kappa shape index (κ3) is 2.90. The van der Waals surface area contributed by atoms with Crippen LogP contribution in [0.15, 0.2) is 17.1 Å². The van der Waals surface area contributed by atoms with E-state index < -0.39 is 37.5 Å². The van der Waals surface area contributed by atoms with Gasteiger partial charge in [0.2, 0.25) is 0 Å². The zero-order valence-electron chi connectivity index (χ0n) is 13.3. The SMILES string of the molecule is CC[C@@]12CCO[C@@H]([C@H]1OP(=O)(O)OC)[C@@H](n1ccc(N)nc1=O)O2. The number of aromatic nitrogens is 2. The molecule has 0 saturated carbocycles. The van der Waals surface area contributed by atoms with Crippen LogP contribution in [0.3, 0.4) is 0 Å². The fraction of sp³-hybridized carbons (Fsp3) is 0.692. The number of phosphoric ester groups is 1. The third-order valence-corrected chi connectivity index (χ3v) is 5.45. The Morgan fingerprint density at radius 1 is 1.62 bits per heavy atom. The molecule has 2 aliphatic rings. The molecule has 5 atom stereocenters. The molecule has 1 unspecified atom stereocenters. The molecular formula is C13H20N3O7P. The lowest BCUT2D eigenvalue weighted by Crippen LogP contribution is -2.49. The first kappa shape index (κ1) is 17.5. The zero-order valence-corrected chi connectivity index (χ0v) is 14.2. The van der Waals surface area contributed by atoms with Crippen LogP contribution in [0.5, 0.6) is 0 Å². The largest absolute Gasteiger partial charge is 0.472 e. The Kier molecular flexibility index (Phi) is 4.54. The van der Waals surface area contributed by atoms with Crippen LogP contribution in [0.2, 0.25) is 0 Å². The molecule has 0 spiro atoms. The first-order chi connectivity index (χ1) is 11.3. The molecule has 0 radical (unpaired) electrons. The minimum absolute atomic E-state index is 0.0929. The summed E-state index contributed by atoms with van der Waals surface area (Å²) in [7, 11) is -3.17. The number of rotatable bonds is 5. The van der Waals surface area contributed by atoms with Crippen LogP contribution in [0.4, 0.5) is 5.82 Å². The van der Waals surface area contributed by atoms with Gasteiger partial charge in [-0.3, -0.25) is 13.6 Å². The molecule has 10 nitrogen and oxygen atoms in total. The van der Waals surface area contributed by atoms with Gasteiger partial charge in [0.1, 0.15) is 23.6 Å². The number of hydrogen-bond donors (Lipinski definition) is 2.